The number of rotatable bonds is 3. The maximum absolute atomic E-state index is 5.07. The third-order valence-electron chi connectivity index (χ3n) is 7.58. The van der Waals surface area contributed by atoms with Crippen molar-refractivity contribution >= 4 is 11.0 Å². The predicted octanol–water partition coefficient (Wildman–Crippen LogP) is 4.31. The van der Waals surface area contributed by atoms with E-state index in [1.165, 1.54) is 71.5 Å². The lowest BCUT2D eigenvalue weighted by molar-refractivity contribution is 0.130. The molecular weight excluding hydrogens is 368 g/mol. The average molecular weight is 401 g/mol. The second-order valence-corrected chi connectivity index (χ2v) is 9.61. The third kappa shape index (κ3) is 3.36. The van der Waals surface area contributed by atoms with Crippen molar-refractivity contribution in [3.05, 3.63) is 64.5 Å². The molecule has 4 nitrogen and oxygen atoms in total. The molecule has 0 unspecified atom stereocenters. The van der Waals surface area contributed by atoms with Gasteiger partial charge in [0.05, 0.1) is 11.0 Å². The number of aryl methyl sites for hydroxylation is 1. The smallest absolute Gasteiger partial charge is 0.111 e. The first-order chi connectivity index (χ1) is 14.7. The third-order valence-corrected chi connectivity index (χ3v) is 7.58. The molecule has 1 fully saturated rings. The highest BCUT2D eigenvalue weighted by molar-refractivity contribution is 5.77. The van der Waals surface area contributed by atoms with Gasteiger partial charge in [0.1, 0.15) is 5.82 Å². The van der Waals surface area contributed by atoms with Crippen molar-refractivity contribution in [2.75, 3.05) is 19.6 Å². The Hall–Kier alpha value is -2.17. The zero-order valence-corrected chi connectivity index (χ0v) is 18.1. The number of benzene rings is 2. The van der Waals surface area contributed by atoms with Gasteiger partial charge in [-0.2, -0.15) is 0 Å². The molecule has 6 rings (SSSR count). The Morgan fingerprint density at radius 1 is 0.933 bits per heavy atom. The Bertz CT molecular complexity index is 1080. The van der Waals surface area contributed by atoms with Crippen LogP contribution in [0.3, 0.4) is 0 Å². The maximum Gasteiger partial charge on any atom is 0.111 e. The standard InChI is InChI=1S/C26H32N4/c1-19-5-7-22-18-28(11-9-21(22)15-19)17-20-6-8-25-24(16-20)27-26-10-12-29(13-14-30(25)26)23-3-2-4-23/h5-8,15-16,23H,2-4,9-14,17-18H2,1H3. The Kier molecular flexibility index (Phi) is 4.65. The van der Waals surface area contributed by atoms with Crippen LogP contribution in [0, 0.1) is 6.92 Å². The molecule has 2 aliphatic heterocycles. The van der Waals surface area contributed by atoms with E-state index < -0.39 is 0 Å². The molecule has 0 saturated heterocycles. The van der Waals surface area contributed by atoms with E-state index in [1.807, 2.05) is 0 Å². The first-order valence-corrected chi connectivity index (χ1v) is 11.8. The summed E-state index contributed by atoms with van der Waals surface area (Å²) in [5.74, 6) is 1.28. The van der Waals surface area contributed by atoms with Crippen LogP contribution in [-0.4, -0.2) is 45.0 Å². The fourth-order valence-corrected chi connectivity index (χ4v) is 5.60. The molecule has 0 radical (unpaired) electrons. The van der Waals surface area contributed by atoms with Gasteiger partial charge in [0, 0.05) is 51.7 Å². The fraction of sp³-hybridized carbons (Fsp3) is 0.500. The second kappa shape index (κ2) is 7.51. The van der Waals surface area contributed by atoms with E-state index in [-0.39, 0.29) is 0 Å². The van der Waals surface area contributed by atoms with Gasteiger partial charge in [0.25, 0.3) is 0 Å². The van der Waals surface area contributed by atoms with E-state index in [1.54, 1.807) is 0 Å². The van der Waals surface area contributed by atoms with Crippen molar-refractivity contribution in [3.63, 3.8) is 0 Å². The van der Waals surface area contributed by atoms with Crippen LogP contribution in [0.4, 0.5) is 0 Å². The van der Waals surface area contributed by atoms with Crippen molar-refractivity contribution in [1.29, 1.82) is 0 Å². The van der Waals surface area contributed by atoms with Gasteiger partial charge in [0.2, 0.25) is 0 Å². The minimum atomic E-state index is 0.839. The molecule has 3 aromatic rings. The van der Waals surface area contributed by atoms with E-state index >= 15 is 0 Å². The monoisotopic (exact) mass is 400 g/mol. The molecule has 30 heavy (non-hydrogen) atoms. The number of hydrogen-bond donors (Lipinski definition) is 0. The Morgan fingerprint density at radius 3 is 2.73 bits per heavy atom. The molecule has 0 atom stereocenters. The number of imidazole rings is 1. The van der Waals surface area contributed by atoms with Crippen LogP contribution in [0.25, 0.3) is 11.0 Å². The van der Waals surface area contributed by atoms with E-state index in [0.29, 0.717) is 0 Å². The zero-order chi connectivity index (χ0) is 20.1. The van der Waals surface area contributed by atoms with Crippen LogP contribution in [0.2, 0.25) is 0 Å². The first kappa shape index (κ1) is 18.6. The lowest BCUT2D eigenvalue weighted by Gasteiger charge is -2.36. The molecule has 1 aliphatic carbocycles. The molecule has 0 N–H and O–H groups in total. The molecule has 156 valence electrons. The molecule has 3 heterocycles. The highest BCUT2D eigenvalue weighted by atomic mass is 15.2. The summed E-state index contributed by atoms with van der Waals surface area (Å²) in [4.78, 5) is 10.4. The van der Waals surface area contributed by atoms with Gasteiger partial charge in [-0.05, 0) is 55.0 Å². The van der Waals surface area contributed by atoms with Crippen LogP contribution in [-0.2, 0) is 32.5 Å². The van der Waals surface area contributed by atoms with Crippen molar-refractivity contribution in [2.45, 2.75) is 64.7 Å². The Balaban J connectivity index is 1.18. The largest absolute Gasteiger partial charge is 0.327 e. The molecule has 3 aliphatic rings. The summed E-state index contributed by atoms with van der Waals surface area (Å²) in [6, 6.07) is 14.8. The highest BCUT2D eigenvalue weighted by Gasteiger charge is 2.27. The van der Waals surface area contributed by atoms with Crippen molar-refractivity contribution < 1.29 is 0 Å². The minimum Gasteiger partial charge on any atom is -0.327 e. The van der Waals surface area contributed by atoms with Crippen molar-refractivity contribution in [3.8, 4) is 0 Å². The highest BCUT2D eigenvalue weighted by Crippen LogP contribution is 2.28. The summed E-state index contributed by atoms with van der Waals surface area (Å²) in [6.07, 6.45) is 6.46. The van der Waals surface area contributed by atoms with Crippen LogP contribution >= 0.6 is 0 Å². The number of aromatic nitrogens is 2. The quantitative estimate of drug-likeness (QED) is 0.655. The molecular formula is C26H32N4. The molecule has 2 aromatic carbocycles. The summed E-state index contributed by atoms with van der Waals surface area (Å²) in [7, 11) is 0. The van der Waals surface area contributed by atoms with E-state index in [0.717, 1.165) is 45.1 Å². The molecule has 0 amide bonds. The van der Waals surface area contributed by atoms with Crippen LogP contribution in [0.1, 0.15) is 47.3 Å². The van der Waals surface area contributed by atoms with Crippen LogP contribution < -0.4 is 0 Å². The van der Waals surface area contributed by atoms with Gasteiger partial charge in [-0.1, -0.05) is 36.2 Å². The van der Waals surface area contributed by atoms with Gasteiger partial charge < -0.3 is 4.57 Å². The van der Waals surface area contributed by atoms with E-state index in [2.05, 4.69) is 57.7 Å². The van der Waals surface area contributed by atoms with E-state index in [9.17, 15) is 0 Å². The SMILES string of the molecule is Cc1ccc2c(c1)CCN(Cc1ccc3c(c1)nc1n3CCN(C3CCC3)CC1)C2. The summed E-state index contributed by atoms with van der Waals surface area (Å²) >= 11 is 0. The fourth-order valence-electron chi connectivity index (χ4n) is 5.60. The molecule has 1 saturated carbocycles. The second-order valence-electron chi connectivity index (χ2n) is 9.61. The van der Waals surface area contributed by atoms with Gasteiger partial charge in [0.15, 0.2) is 0 Å². The predicted molar refractivity (Wildman–Crippen MR) is 122 cm³/mol. The van der Waals surface area contributed by atoms with Gasteiger partial charge >= 0.3 is 0 Å². The number of hydrogen-bond acceptors (Lipinski definition) is 3. The summed E-state index contributed by atoms with van der Waals surface area (Å²) in [6.45, 7) is 8.85. The van der Waals surface area contributed by atoms with Crippen LogP contribution in [0.5, 0.6) is 0 Å². The average Bonchev–Trinajstić information content (AvgIpc) is 2.93. The van der Waals surface area contributed by atoms with Crippen LogP contribution in [0.15, 0.2) is 36.4 Å². The zero-order valence-electron chi connectivity index (χ0n) is 18.1. The minimum absolute atomic E-state index is 0.839. The maximum atomic E-state index is 5.07. The lowest BCUT2D eigenvalue weighted by atomic mass is 9.91. The molecule has 4 heteroatoms. The van der Waals surface area contributed by atoms with Gasteiger partial charge in [-0.3, -0.25) is 9.80 Å². The van der Waals surface area contributed by atoms with Crippen molar-refractivity contribution in [2.24, 2.45) is 0 Å². The van der Waals surface area contributed by atoms with E-state index in [4.69, 9.17) is 4.98 Å². The Labute approximate surface area is 179 Å². The first-order valence-electron chi connectivity index (χ1n) is 11.8. The number of fused-ring (bicyclic) bond motifs is 4. The topological polar surface area (TPSA) is 24.3 Å². The molecule has 1 aromatic heterocycles. The van der Waals surface area contributed by atoms with Gasteiger partial charge in [-0.25, -0.2) is 4.98 Å². The number of nitrogens with zero attached hydrogens (tertiary/aromatic N) is 4. The normalized spacial score (nSPS) is 20.6. The van der Waals surface area contributed by atoms with Crippen molar-refractivity contribution in [1.82, 2.24) is 19.4 Å². The lowest BCUT2D eigenvalue weighted by Crippen LogP contribution is -2.41. The van der Waals surface area contributed by atoms with Gasteiger partial charge in [-0.15, -0.1) is 0 Å². The summed E-state index contributed by atoms with van der Waals surface area (Å²) < 4.78 is 2.48. The summed E-state index contributed by atoms with van der Waals surface area (Å²) in [5.41, 5.74) is 8.31. The summed E-state index contributed by atoms with van der Waals surface area (Å²) in [5, 5.41) is 0. The molecule has 0 spiro atoms. The Morgan fingerprint density at radius 2 is 1.87 bits per heavy atom. The molecule has 0 bridgehead atoms.